The number of halogens is 1. The van der Waals surface area contributed by atoms with Crippen molar-refractivity contribution in [1.82, 2.24) is 0 Å². The Kier molecular flexibility index (Phi) is 6.68. The molecule has 0 spiro atoms. The zero-order chi connectivity index (χ0) is 13.4. The van der Waals surface area contributed by atoms with Crippen molar-refractivity contribution < 1.29 is 19.0 Å². The number of benzene rings is 1. The first-order valence-corrected chi connectivity index (χ1v) is 6.26. The Hall–Kier alpha value is -1.13. The van der Waals surface area contributed by atoms with Gasteiger partial charge in [-0.3, -0.25) is 0 Å². The van der Waals surface area contributed by atoms with Crippen molar-refractivity contribution in [2.45, 2.75) is 32.3 Å². The van der Waals surface area contributed by atoms with E-state index in [4.69, 9.17) is 9.47 Å². The summed E-state index contributed by atoms with van der Waals surface area (Å²) in [7, 11) is 1.43. The molecule has 1 aromatic rings. The van der Waals surface area contributed by atoms with Crippen LogP contribution in [-0.2, 0) is 11.2 Å². The highest BCUT2D eigenvalue weighted by Crippen LogP contribution is 2.21. The molecular formula is C14H21FO3. The van der Waals surface area contributed by atoms with Crippen molar-refractivity contribution in [3.8, 4) is 5.75 Å². The van der Waals surface area contributed by atoms with Crippen molar-refractivity contribution in [3.05, 3.63) is 29.6 Å². The van der Waals surface area contributed by atoms with Crippen LogP contribution in [0.5, 0.6) is 5.75 Å². The predicted octanol–water partition coefficient (Wildman–Crippen LogP) is 2.55. The minimum atomic E-state index is -0.549. The third-order valence-corrected chi connectivity index (χ3v) is 2.75. The minimum Gasteiger partial charge on any atom is -0.494 e. The summed E-state index contributed by atoms with van der Waals surface area (Å²) in [6, 6.07) is 4.97. The van der Waals surface area contributed by atoms with E-state index in [0.717, 1.165) is 6.42 Å². The summed E-state index contributed by atoms with van der Waals surface area (Å²) < 4.78 is 23.9. The Labute approximate surface area is 108 Å². The van der Waals surface area contributed by atoms with E-state index >= 15 is 0 Å². The molecule has 0 aliphatic carbocycles. The minimum absolute atomic E-state index is 0.217. The van der Waals surface area contributed by atoms with Crippen LogP contribution in [-0.4, -0.2) is 31.5 Å². The maximum absolute atomic E-state index is 13.8. The molecule has 0 saturated heterocycles. The molecule has 0 aliphatic rings. The van der Waals surface area contributed by atoms with Crippen LogP contribution < -0.4 is 4.74 Å². The second-order valence-corrected chi connectivity index (χ2v) is 4.13. The standard InChI is InChI=1S/C14H21FO3/c1-3-18-9-5-7-12(16)10-11-6-4-8-13(17-2)14(11)15/h4,6,8,12,16H,3,5,7,9-10H2,1-2H3. The first-order valence-electron chi connectivity index (χ1n) is 6.26. The van der Waals surface area contributed by atoms with Crippen molar-refractivity contribution in [1.29, 1.82) is 0 Å². The monoisotopic (exact) mass is 256 g/mol. The van der Waals surface area contributed by atoms with E-state index in [0.29, 0.717) is 31.6 Å². The Morgan fingerprint density at radius 2 is 2.17 bits per heavy atom. The molecule has 0 fully saturated rings. The van der Waals surface area contributed by atoms with Gasteiger partial charge in [0.05, 0.1) is 13.2 Å². The van der Waals surface area contributed by atoms with Crippen LogP contribution in [0.3, 0.4) is 0 Å². The maximum atomic E-state index is 13.8. The highest BCUT2D eigenvalue weighted by atomic mass is 19.1. The van der Waals surface area contributed by atoms with Crippen molar-refractivity contribution in [2.75, 3.05) is 20.3 Å². The Morgan fingerprint density at radius 1 is 1.39 bits per heavy atom. The summed E-state index contributed by atoms with van der Waals surface area (Å²) in [5.41, 5.74) is 0.484. The lowest BCUT2D eigenvalue weighted by atomic mass is 10.0. The van der Waals surface area contributed by atoms with Gasteiger partial charge in [0, 0.05) is 19.6 Å². The second-order valence-electron chi connectivity index (χ2n) is 4.13. The second kappa shape index (κ2) is 8.06. The molecule has 1 aromatic carbocycles. The quantitative estimate of drug-likeness (QED) is 0.726. The average molecular weight is 256 g/mol. The highest BCUT2D eigenvalue weighted by Gasteiger charge is 2.12. The van der Waals surface area contributed by atoms with E-state index < -0.39 is 6.10 Å². The molecular weight excluding hydrogens is 235 g/mol. The van der Waals surface area contributed by atoms with Gasteiger partial charge < -0.3 is 14.6 Å². The number of aliphatic hydroxyl groups is 1. The summed E-state index contributed by atoms with van der Waals surface area (Å²) in [6.07, 6.45) is 1.14. The number of hydrogen-bond donors (Lipinski definition) is 1. The number of hydrogen-bond acceptors (Lipinski definition) is 3. The number of aliphatic hydroxyl groups excluding tert-OH is 1. The summed E-state index contributed by atoms with van der Waals surface area (Å²) in [5.74, 6) is -0.169. The first kappa shape index (κ1) is 14.9. The first-order chi connectivity index (χ1) is 8.69. The fourth-order valence-corrected chi connectivity index (χ4v) is 1.79. The van der Waals surface area contributed by atoms with E-state index in [2.05, 4.69) is 0 Å². The molecule has 0 heterocycles. The van der Waals surface area contributed by atoms with Crippen molar-refractivity contribution >= 4 is 0 Å². The van der Waals surface area contributed by atoms with Gasteiger partial charge in [0.2, 0.25) is 0 Å². The lowest BCUT2D eigenvalue weighted by Gasteiger charge is -2.12. The van der Waals surface area contributed by atoms with Gasteiger partial charge in [-0.15, -0.1) is 0 Å². The summed E-state index contributed by atoms with van der Waals surface area (Å²) in [5, 5.41) is 9.83. The van der Waals surface area contributed by atoms with E-state index in [1.807, 2.05) is 6.92 Å². The largest absolute Gasteiger partial charge is 0.494 e. The molecule has 18 heavy (non-hydrogen) atoms. The van der Waals surface area contributed by atoms with E-state index in [-0.39, 0.29) is 11.6 Å². The SMILES string of the molecule is CCOCCCC(O)Cc1cccc(OC)c1F. The molecule has 0 aromatic heterocycles. The lowest BCUT2D eigenvalue weighted by molar-refractivity contribution is 0.114. The molecule has 0 radical (unpaired) electrons. The topological polar surface area (TPSA) is 38.7 Å². The van der Waals surface area contributed by atoms with Gasteiger partial charge in [0.1, 0.15) is 0 Å². The third-order valence-electron chi connectivity index (χ3n) is 2.75. The molecule has 1 N–H and O–H groups in total. The molecule has 3 nitrogen and oxygen atoms in total. The molecule has 4 heteroatoms. The van der Waals surface area contributed by atoms with Gasteiger partial charge >= 0.3 is 0 Å². The summed E-state index contributed by atoms with van der Waals surface area (Å²) in [4.78, 5) is 0. The van der Waals surface area contributed by atoms with Crippen LogP contribution in [0.15, 0.2) is 18.2 Å². The Morgan fingerprint density at radius 3 is 2.83 bits per heavy atom. The molecule has 1 unspecified atom stereocenters. The van der Waals surface area contributed by atoms with Crippen molar-refractivity contribution in [2.24, 2.45) is 0 Å². The maximum Gasteiger partial charge on any atom is 0.168 e. The van der Waals surface area contributed by atoms with Gasteiger partial charge in [-0.1, -0.05) is 12.1 Å². The van der Waals surface area contributed by atoms with Gasteiger partial charge in [-0.25, -0.2) is 4.39 Å². The van der Waals surface area contributed by atoms with Gasteiger partial charge in [0.15, 0.2) is 11.6 Å². The average Bonchev–Trinajstić information content (AvgIpc) is 2.37. The molecule has 0 amide bonds. The lowest BCUT2D eigenvalue weighted by Crippen LogP contribution is -2.13. The summed E-state index contributed by atoms with van der Waals surface area (Å²) in [6.45, 7) is 3.25. The molecule has 0 aliphatic heterocycles. The molecule has 102 valence electrons. The van der Waals surface area contributed by atoms with Crippen LogP contribution in [0.1, 0.15) is 25.3 Å². The highest BCUT2D eigenvalue weighted by molar-refractivity contribution is 5.31. The number of ether oxygens (including phenoxy) is 2. The number of rotatable bonds is 8. The Bertz CT molecular complexity index is 355. The fraction of sp³-hybridized carbons (Fsp3) is 0.571. The zero-order valence-electron chi connectivity index (χ0n) is 11.0. The normalized spacial score (nSPS) is 12.4. The third kappa shape index (κ3) is 4.63. The van der Waals surface area contributed by atoms with Crippen LogP contribution in [0.4, 0.5) is 4.39 Å². The van der Waals surface area contributed by atoms with Crippen LogP contribution >= 0.6 is 0 Å². The van der Waals surface area contributed by atoms with Gasteiger partial charge in [-0.2, -0.15) is 0 Å². The Balaban J connectivity index is 2.46. The van der Waals surface area contributed by atoms with Gasteiger partial charge in [-0.05, 0) is 31.4 Å². The fourth-order valence-electron chi connectivity index (χ4n) is 1.79. The molecule has 0 bridgehead atoms. The number of methoxy groups -OCH3 is 1. The smallest absolute Gasteiger partial charge is 0.168 e. The van der Waals surface area contributed by atoms with Crippen molar-refractivity contribution in [3.63, 3.8) is 0 Å². The van der Waals surface area contributed by atoms with Crippen LogP contribution in [0.25, 0.3) is 0 Å². The summed E-state index contributed by atoms with van der Waals surface area (Å²) >= 11 is 0. The van der Waals surface area contributed by atoms with E-state index in [9.17, 15) is 9.50 Å². The van der Waals surface area contributed by atoms with E-state index in [1.54, 1.807) is 18.2 Å². The molecule has 1 atom stereocenters. The zero-order valence-corrected chi connectivity index (χ0v) is 11.0. The molecule has 1 rings (SSSR count). The van der Waals surface area contributed by atoms with E-state index in [1.165, 1.54) is 7.11 Å². The predicted molar refractivity (Wildman–Crippen MR) is 68.4 cm³/mol. The van der Waals surface area contributed by atoms with Gasteiger partial charge in [0.25, 0.3) is 0 Å². The van der Waals surface area contributed by atoms with Crippen LogP contribution in [0.2, 0.25) is 0 Å². The van der Waals surface area contributed by atoms with Crippen LogP contribution in [0, 0.1) is 5.82 Å². The molecule has 0 saturated carbocycles.